The van der Waals surface area contributed by atoms with E-state index in [4.69, 9.17) is 19.7 Å². The molecule has 0 fully saturated rings. The summed E-state index contributed by atoms with van der Waals surface area (Å²) in [6.07, 6.45) is 13.3. The molecule has 0 aromatic carbocycles. The zero-order valence-corrected chi connectivity index (χ0v) is 9.84. The van der Waals surface area contributed by atoms with Gasteiger partial charge in [0.25, 0.3) is 0 Å². The van der Waals surface area contributed by atoms with E-state index in [0.29, 0.717) is 0 Å². The third kappa shape index (κ3) is 0.812. The Labute approximate surface area is 86.5 Å². The first kappa shape index (κ1) is 8.43. The van der Waals surface area contributed by atoms with Crippen molar-refractivity contribution in [1.29, 1.82) is 0 Å². The zero-order valence-electron chi connectivity index (χ0n) is 6.93. The van der Waals surface area contributed by atoms with Crippen molar-refractivity contribution >= 4 is 19.7 Å². The van der Waals surface area contributed by atoms with Crippen molar-refractivity contribution < 1.29 is 11.0 Å². The molecule has 2 aliphatic carbocycles. The van der Waals surface area contributed by atoms with Gasteiger partial charge in [-0.1, -0.05) is 0 Å². The van der Waals surface area contributed by atoms with Crippen LogP contribution in [0.5, 0.6) is 0 Å². The minimum atomic E-state index is -3.22. The second-order valence-electron chi connectivity index (χ2n) is 3.54. The Hall–Kier alpha value is 0.124. The molecule has 0 amide bonds. The molecule has 67 valence electrons. The van der Waals surface area contributed by atoms with Crippen molar-refractivity contribution in [3.05, 3.63) is 43.2 Å². The van der Waals surface area contributed by atoms with Gasteiger partial charge in [-0.3, -0.25) is 0 Å². The molecule has 1 heterocycles. The molecule has 13 heavy (non-hydrogen) atoms. The van der Waals surface area contributed by atoms with Gasteiger partial charge in [-0.2, -0.15) is 0 Å². The van der Waals surface area contributed by atoms with Gasteiger partial charge < -0.3 is 0 Å². The van der Waals surface area contributed by atoms with Crippen molar-refractivity contribution in [1.82, 2.24) is 0 Å². The van der Waals surface area contributed by atoms with E-state index in [1.807, 2.05) is 6.08 Å². The van der Waals surface area contributed by atoms with Crippen LogP contribution in [-0.2, 0) is 11.0 Å². The first-order valence-corrected chi connectivity index (χ1v) is 10.2. The summed E-state index contributed by atoms with van der Waals surface area (Å²) in [5.41, 5.74) is 0. The van der Waals surface area contributed by atoms with Crippen molar-refractivity contribution in [2.24, 2.45) is 0 Å². The van der Waals surface area contributed by atoms with Crippen LogP contribution < -0.4 is 0 Å². The third-order valence-electron chi connectivity index (χ3n) is 2.88. The van der Waals surface area contributed by atoms with E-state index in [1.165, 1.54) is 8.57 Å². The molecule has 0 nitrogen and oxygen atoms in total. The normalized spacial score (nSPS) is 34.0. The predicted octanol–water partition coefficient (Wildman–Crippen LogP) is 3.82. The Morgan fingerprint density at radius 2 is 2.08 bits per heavy atom. The van der Waals surface area contributed by atoms with Gasteiger partial charge in [0.05, 0.1) is 0 Å². The van der Waals surface area contributed by atoms with Crippen LogP contribution in [0.15, 0.2) is 37.2 Å². The Bertz CT molecular complexity index is 424. The van der Waals surface area contributed by atoms with E-state index in [-0.39, 0.29) is 0 Å². The van der Waals surface area contributed by atoms with Gasteiger partial charge in [0.15, 0.2) is 0 Å². The summed E-state index contributed by atoms with van der Waals surface area (Å²) in [7, 11) is 10.1. The molecule has 3 aliphatic rings. The predicted molar refractivity (Wildman–Crippen MR) is 53.0 cm³/mol. The van der Waals surface area contributed by atoms with Gasteiger partial charge >= 0.3 is 86.8 Å². The van der Waals surface area contributed by atoms with E-state index in [1.54, 1.807) is 0 Å². The summed E-state index contributed by atoms with van der Waals surface area (Å²) >= 11 is 0. The molecule has 0 aromatic heterocycles. The van der Waals surface area contributed by atoms with Crippen LogP contribution in [-0.4, -0.2) is 0 Å². The van der Waals surface area contributed by atoms with Gasteiger partial charge in [0.2, 0.25) is 0 Å². The molecule has 0 atom stereocenters. The Morgan fingerprint density at radius 1 is 1.23 bits per heavy atom. The maximum absolute atomic E-state index is 6.65. The number of rotatable bonds is 1. The van der Waals surface area contributed by atoms with E-state index < -0.39 is 11.0 Å². The third-order valence-corrected chi connectivity index (χ3v) is 13.5. The molecular weight excluding hydrogens is 242 g/mol. The second-order valence-corrected chi connectivity index (χ2v) is 15.1. The first-order valence-electron chi connectivity index (χ1n) is 4.28. The van der Waals surface area contributed by atoms with Gasteiger partial charge in [-0.15, -0.1) is 0 Å². The van der Waals surface area contributed by atoms with Gasteiger partial charge in [0, 0.05) is 0 Å². The summed E-state index contributed by atoms with van der Waals surface area (Å²) in [6, 6.07) is 0. The summed E-state index contributed by atoms with van der Waals surface area (Å²) in [5, 5.41) is 0. The van der Waals surface area contributed by atoms with Gasteiger partial charge in [-0.05, 0) is 0 Å². The fourth-order valence-corrected chi connectivity index (χ4v) is 11.8. The van der Waals surface area contributed by atoms with Gasteiger partial charge in [0.1, 0.15) is 0 Å². The molecule has 1 aliphatic heterocycles. The first-order chi connectivity index (χ1) is 6.14. The number of allylic oxidation sites excluding steroid dienone is 8. The van der Waals surface area contributed by atoms with Crippen molar-refractivity contribution in [2.45, 2.75) is 12.8 Å². The topological polar surface area (TPSA) is 0 Å². The van der Waals surface area contributed by atoms with Crippen molar-refractivity contribution in [2.75, 3.05) is 0 Å². The number of hydrogen-bond acceptors (Lipinski definition) is 0. The van der Waals surface area contributed by atoms with Gasteiger partial charge in [-0.25, -0.2) is 0 Å². The summed E-state index contributed by atoms with van der Waals surface area (Å²) in [4.78, 5) is 0. The van der Waals surface area contributed by atoms with E-state index in [0.717, 1.165) is 17.1 Å². The number of hydrogen-bond donors (Lipinski definition) is 0. The molecule has 3 rings (SSSR count). The molecule has 3 heteroatoms. The van der Waals surface area contributed by atoms with Crippen LogP contribution in [0.25, 0.3) is 0 Å². The second kappa shape index (κ2) is 2.20. The summed E-state index contributed by atoms with van der Waals surface area (Å²) in [5.74, 6) is 0. The van der Waals surface area contributed by atoms with E-state index >= 15 is 0 Å². The zero-order chi connectivity index (χ0) is 9.13. The molecule has 1 radical (unpaired) electrons. The Kier molecular flexibility index (Phi) is 1.43. The maximum atomic E-state index is 6.65. The van der Waals surface area contributed by atoms with Crippen LogP contribution in [0.2, 0.25) is 0 Å². The fraction of sp³-hybridized carbons (Fsp3) is 0.200. The fourth-order valence-electron chi connectivity index (χ4n) is 2.10. The molecule has 0 aromatic rings. The van der Waals surface area contributed by atoms with Crippen molar-refractivity contribution in [3.8, 4) is 0 Å². The molecular formula is C10H8Cl2V. The quantitative estimate of drug-likeness (QED) is 0.663. The van der Waals surface area contributed by atoms with Crippen LogP contribution in [0.1, 0.15) is 12.8 Å². The molecule has 0 bridgehead atoms. The molecule has 0 N–H and O–H groups in total. The van der Waals surface area contributed by atoms with Crippen molar-refractivity contribution in [3.63, 3.8) is 0 Å². The molecule has 0 saturated heterocycles. The van der Waals surface area contributed by atoms with Crippen LogP contribution in [0.4, 0.5) is 0 Å². The Morgan fingerprint density at radius 3 is 2.62 bits per heavy atom. The monoisotopic (exact) mass is 249 g/mol. The van der Waals surface area contributed by atoms with E-state index in [2.05, 4.69) is 24.3 Å². The van der Waals surface area contributed by atoms with Crippen LogP contribution >= 0.6 is 19.7 Å². The Balaban J connectivity index is 2.05. The molecule has 0 unspecified atom stereocenters. The summed E-state index contributed by atoms with van der Waals surface area (Å²) in [6.45, 7) is 0. The van der Waals surface area contributed by atoms with Crippen LogP contribution in [0.3, 0.4) is 0 Å². The average molecular weight is 250 g/mol. The SMILES string of the molecule is [Cl][V]1([Cl])([C]2=[C]C=CC2)[C]2=[C]1CC=C2. The van der Waals surface area contributed by atoms with E-state index in [9.17, 15) is 0 Å². The molecule has 0 saturated carbocycles. The minimum absolute atomic E-state index is 0.902. The molecule has 0 spiro atoms. The standard InChI is InChI=1S/2C5H4.2ClH.V/c2*1-2-4-5-3-1;;;/h2*1-2H,3H2;2*1H;/q;;;;+2/p-2. The average Bonchev–Trinajstić information content (AvgIpc) is 2.68. The number of halogens is 2. The summed E-state index contributed by atoms with van der Waals surface area (Å²) < 4.78 is 3.75. The van der Waals surface area contributed by atoms with Crippen LogP contribution in [0, 0.1) is 6.08 Å².